The molecule has 0 amide bonds. The summed E-state index contributed by atoms with van der Waals surface area (Å²) in [5, 5.41) is 16.6. The van der Waals surface area contributed by atoms with Crippen molar-refractivity contribution in [3.05, 3.63) is 77.1 Å². The molecule has 3 aromatic rings. The number of nitrogens with zero attached hydrogens (tertiary/aromatic N) is 3. The molecule has 0 radical (unpaired) electrons. The van der Waals surface area contributed by atoms with Crippen LogP contribution in [0.1, 0.15) is 22.4 Å². The van der Waals surface area contributed by atoms with E-state index in [4.69, 9.17) is 5.11 Å². The molecule has 126 valence electrons. The van der Waals surface area contributed by atoms with Gasteiger partial charge in [-0.2, -0.15) is 13.2 Å². The van der Waals surface area contributed by atoms with Gasteiger partial charge in [-0.3, -0.25) is 0 Å². The maximum atomic E-state index is 13.0. The zero-order valence-corrected chi connectivity index (χ0v) is 12.8. The number of rotatable bonds is 2. The first-order valence-electron chi connectivity index (χ1n) is 7.28. The van der Waals surface area contributed by atoms with E-state index in [2.05, 4.69) is 22.2 Å². The second kappa shape index (κ2) is 6.79. The van der Waals surface area contributed by atoms with Crippen LogP contribution < -0.4 is 0 Å². The minimum absolute atomic E-state index is 0.160. The van der Waals surface area contributed by atoms with Crippen molar-refractivity contribution in [1.82, 2.24) is 15.0 Å². The highest BCUT2D eigenvalue weighted by atomic mass is 19.4. The van der Waals surface area contributed by atoms with E-state index in [-0.39, 0.29) is 12.2 Å². The van der Waals surface area contributed by atoms with Crippen LogP contribution in [0.3, 0.4) is 0 Å². The average Bonchev–Trinajstić information content (AvgIpc) is 3.09. The van der Waals surface area contributed by atoms with Gasteiger partial charge in [0.2, 0.25) is 0 Å². The molecular weight excluding hydrogens is 331 g/mol. The Morgan fingerprint density at radius 2 is 1.80 bits per heavy atom. The van der Waals surface area contributed by atoms with Gasteiger partial charge in [0, 0.05) is 5.56 Å². The van der Waals surface area contributed by atoms with E-state index in [9.17, 15) is 13.2 Å². The van der Waals surface area contributed by atoms with E-state index in [1.165, 1.54) is 16.9 Å². The SMILES string of the molecule is OCc1cn(-c2ccc(C(F)(F)F)cc2C#Cc2ccccc2)nn1. The number of hydrogen-bond donors (Lipinski definition) is 1. The summed E-state index contributed by atoms with van der Waals surface area (Å²) in [6.07, 6.45) is -3.03. The summed E-state index contributed by atoms with van der Waals surface area (Å²) in [4.78, 5) is 0. The highest BCUT2D eigenvalue weighted by molar-refractivity contribution is 5.55. The highest BCUT2D eigenvalue weighted by Crippen LogP contribution is 2.31. The molecule has 0 fully saturated rings. The number of benzene rings is 2. The van der Waals surface area contributed by atoms with Gasteiger partial charge >= 0.3 is 6.18 Å². The Morgan fingerprint density at radius 3 is 2.44 bits per heavy atom. The number of hydrogen-bond acceptors (Lipinski definition) is 3. The Morgan fingerprint density at radius 1 is 1.04 bits per heavy atom. The first-order chi connectivity index (χ1) is 12.0. The van der Waals surface area contributed by atoms with Gasteiger partial charge in [0.05, 0.1) is 29.6 Å². The fourth-order valence-corrected chi connectivity index (χ4v) is 2.16. The van der Waals surface area contributed by atoms with Crippen LogP contribution in [-0.2, 0) is 12.8 Å². The van der Waals surface area contributed by atoms with Gasteiger partial charge in [-0.05, 0) is 30.3 Å². The maximum absolute atomic E-state index is 13.0. The maximum Gasteiger partial charge on any atom is 0.416 e. The lowest BCUT2D eigenvalue weighted by molar-refractivity contribution is -0.137. The van der Waals surface area contributed by atoms with Gasteiger partial charge < -0.3 is 5.11 Å². The number of alkyl halides is 3. The fraction of sp³-hybridized carbons (Fsp3) is 0.111. The molecule has 0 atom stereocenters. The lowest BCUT2D eigenvalue weighted by atomic mass is 10.1. The lowest BCUT2D eigenvalue weighted by Gasteiger charge is -2.10. The van der Waals surface area contributed by atoms with Crippen molar-refractivity contribution in [2.75, 3.05) is 0 Å². The summed E-state index contributed by atoms with van der Waals surface area (Å²) in [5.74, 6) is 5.61. The van der Waals surface area contributed by atoms with Crippen LogP contribution in [0.4, 0.5) is 13.2 Å². The van der Waals surface area contributed by atoms with Gasteiger partial charge in [-0.15, -0.1) is 5.10 Å². The normalized spacial score (nSPS) is 11.0. The standard InChI is InChI=1S/C18H12F3N3O/c19-18(20,21)15-8-9-17(24-11-16(12-25)22-23-24)14(10-15)7-6-13-4-2-1-3-5-13/h1-5,8-11,25H,12H2. The summed E-state index contributed by atoms with van der Waals surface area (Å²) in [5.41, 5.74) is 0.704. The molecule has 0 spiro atoms. The first kappa shape index (κ1) is 16.7. The molecule has 7 heteroatoms. The Bertz CT molecular complexity index is 937. The van der Waals surface area contributed by atoms with Crippen molar-refractivity contribution in [3.8, 4) is 17.5 Å². The first-order valence-corrected chi connectivity index (χ1v) is 7.28. The second-order valence-electron chi connectivity index (χ2n) is 5.16. The molecule has 1 heterocycles. The van der Waals surface area contributed by atoms with E-state index < -0.39 is 11.7 Å². The van der Waals surface area contributed by atoms with Gasteiger partial charge in [0.1, 0.15) is 5.69 Å². The second-order valence-corrected chi connectivity index (χ2v) is 5.16. The predicted molar refractivity (Wildman–Crippen MR) is 84.7 cm³/mol. The van der Waals surface area contributed by atoms with E-state index in [0.717, 1.165) is 12.1 Å². The third-order valence-corrected chi connectivity index (χ3v) is 3.39. The molecule has 0 aliphatic rings. The van der Waals surface area contributed by atoms with Crippen LogP contribution in [0.15, 0.2) is 54.7 Å². The monoisotopic (exact) mass is 343 g/mol. The Labute approximate surface area is 141 Å². The van der Waals surface area contributed by atoms with Crippen molar-refractivity contribution < 1.29 is 18.3 Å². The van der Waals surface area contributed by atoms with Crippen LogP contribution in [-0.4, -0.2) is 20.1 Å². The molecule has 1 N–H and O–H groups in total. The number of aliphatic hydroxyl groups excluding tert-OH is 1. The number of aromatic nitrogens is 3. The summed E-state index contributed by atoms with van der Waals surface area (Å²) >= 11 is 0. The molecule has 1 aromatic heterocycles. The van der Waals surface area contributed by atoms with Gasteiger partial charge in [0.15, 0.2) is 0 Å². The minimum Gasteiger partial charge on any atom is -0.390 e. The fourth-order valence-electron chi connectivity index (χ4n) is 2.16. The van der Waals surface area contributed by atoms with Crippen LogP contribution in [0, 0.1) is 11.8 Å². The molecule has 0 aliphatic carbocycles. The summed E-state index contributed by atoms with van der Waals surface area (Å²) < 4.78 is 40.3. The zero-order valence-electron chi connectivity index (χ0n) is 12.8. The Kier molecular flexibility index (Phi) is 4.55. The summed E-state index contributed by atoms with van der Waals surface area (Å²) in [6, 6.07) is 12.2. The lowest BCUT2D eigenvalue weighted by Crippen LogP contribution is -2.07. The van der Waals surface area contributed by atoms with Gasteiger partial charge in [-0.25, -0.2) is 4.68 Å². The Hall–Kier alpha value is -3.11. The van der Waals surface area contributed by atoms with Crippen molar-refractivity contribution in [2.24, 2.45) is 0 Å². The molecule has 0 saturated heterocycles. The minimum atomic E-state index is -4.47. The summed E-state index contributed by atoms with van der Waals surface area (Å²) in [6.45, 7) is -0.314. The topological polar surface area (TPSA) is 50.9 Å². The molecular formula is C18H12F3N3O. The van der Waals surface area contributed by atoms with Gasteiger partial charge in [0.25, 0.3) is 0 Å². The molecule has 0 unspecified atom stereocenters. The molecule has 0 bridgehead atoms. The smallest absolute Gasteiger partial charge is 0.390 e. The van der Waals surface area contributed by atoms with E-state index >= 15 is 0 Å². The molecule has 3 rings (SSSR count). The average molecular weight is 343 g/mol. The predicted octanol–water partition coefficient (Wildman–Crippen LogP) is 3.18. The molecule has 2 aromatic carbocycles. The van der Waals surface area contributed by atoms with Crippen molar-refractivity contribution in [3.63, 3.8) is 0 Å². The number of halogens is 3. The molecule has 0 saturated carbocycles. The van der Waals surface area contributed by atoms with E-state index in [1.54, 1.807) is 24.3 Å². The molecule has 25 heavy (non-hydrogen) atoms. The Balaban J connectivity index is 2.10. The largest absolute Gasteiger partial charge is 0.416 e. The van der Waals surface area contributed by atoms with Gasteiger partial charge in [-0.1, -0.05) is 35.3 Å². The molecule has 4 nitrogen and oxygen atoms in total. The number of aliphatic hydroxyl groups is 1. The zero-order chi connectivity index (χ0) is 17.9. The quantitative estimate of drug-likeness (QED) is 0.727. The third kappa shape index (κ3) is 3.87. The third-order valence-electron chi connectivity index (χ3n) is 3.39. The van der Waals surface area contributed by atoms with Crippen LogP contribution >= 0.6 is 0 Å². The van der Waals surface area contributed by atoms with E-state index in [0.29, 0.717) is 16.9 Å². The summed E-state index contributed by atoms with van der Waals surface area (Å²) in [7, 11) is 0. The van der Waals surface area contributed by atoms with E-state index in [1.807, 2.05) is 6.07 Å². The van der Waals surface area contributed by atoms with Crippen LogP contribution in [0.2, 0.25) is 0 Å². The van der Waals surface area contributed by atoms with Crippen molar-refractivity contribution >= 4 is 0 Å². The molecule has 0 aliphatic heterocycles. The van der Waals surface area contributed by atoms with Crippen LogP contribution in [0.5, 0.6) is 0 Å². The van der Waals surface area contributed by atoms with Crippen LogP contribution in [0.25, 0.3) is 5.69 Å². The van der Waals surface area contributed by atoms with Crippen molar-refractivity contribution in [2.45, 2.75) is 12.8 Å². The van der Waals surface area contributed by atoms with Crippen molar-refractivity contribution in [1.29, 1.82) is 0 Å². The highest BCUT2D eigenvalue weighted by Gasteiger charge is 2.31.